The van der Waals surface area contributed by atoms with Crippen molar-refractivity contribution in [3.8, 4) is 0 Å². The second-order valence-electron chi connectivity index (χ2n) is 10.1. The summed E-state index contributed by atoms with van der Waals surface area (Å²) in [6.45, 7) is 13.0. The van der Waals surface area contributed by atoms with Gasteiger partial charge in [-0.05, 0) is 71.7 Å². The van der Waals surface area contributed by atoms with Gasteiger partial charge in [0.25, 0.3) is 15.6 Å². The summed E-state index contributed by atoms with van der Waals surface area (Å²) in [6.07, 6.45) is -0.0799. The molecule has 2 unspecified atom stereocenters. The standard InChI is InChI=1S/C26H34N4O6S/c1-17-7-10-21(11-8-17)37(34,35)28-22-12-9-18(2)30(24(22)32)23-15-20(19(3)27-16-31)13-14-29(23)25(33)36-26(4,5)6/h7-12,16,20,23,28H,3,13-15H2,1-2,4-6H3,(H,27,31). The molecular weight excluding hydrogens is 496 g/mol. The number of nitrogens with zero attached hydrogens (tertiary/aromatic N) is 2. The number of allylic oxidation sites excluding steroid dienone is 1. The van der Waals surface area contributed by atoms with Crippen LogP contribution in [0.4, 0.5) is 10.5 Å². The Hall–Kier alpha value is -3.60. The van der Waals surface area contributed by atoms with E-state index in [2.05, 4.69) is 16.6 Å². The van der Waals surface area contributed by atoms with E-state index in [4.69, 9.17) is 4.74 Å². The summed E-state index contributed by atoms with van der Waals surface area (Å²) in [5.41, 5.74) is 0.386. The Morgan fingerprint density at radius 3 is 2.38 bits per heavy atom. The molecule has 1 fully saturated rings. The molecule has 11 heteroatoms. The van der Waals surface area contributed by atoms with E-state index in [1.165, 1.54) is 27.7 Å². The van der Waals surface area contributed by atoms with E-state index in [1.54, 1.807) is 45.9 Å². The predicted octanol–water partition coefficient (Wildman–Crippen LogP) is 3.67. The number of sulfonamides is 1. The zero-order valence-electron chi connectivity index (χ0n) is 21.8. The molecule has 1 aromatic carbocycles. The highest BCUT2D eigenvalue weighted by Crippen LogP contribution is 2.34. The summed E-state index contributed by atoms with van der Waals surface area (Å²) in [4.78, 5) is 39.3. The van der Waals surface area contributed by atoms with Crippen LogP contribution in [0, 0.1) is 19.8 Å². The van der Waals surface area contributed by atoms with Crippen molar-refractivity contribution in [2.45, 2.75) is 64.1 Å². The Labute approximate surface area is 217 Å². The molecule has 0 aliphatic carbocycles. The zero-order chi connectivity index (χ0) is 27.5. The third-order valence-corrected chi connectivity index (χ3v) is 7.51. The Morgan fingerprint density at radius 2 is 1.78 bits per heavy atom. The van der Waals surface area contributed by atoms with E-state index >= 15 is 0 Å². The van der Waals surface area contributed by atoms with Gasteiger partial charge in [-0.3, -0.25) is 23.8 Å². The van der Waals surface area contributed by atoms with Crippen LogP contribution in [0.15, 0.2) is 58.4 Å². The highest BCUT2D eigenvalue weighted by atomic mass is 32.2. The van der Waals surface area contributed by atoms with Crippen molar-refractivity contribution in [2.75, 3.05) is 11.3 Å². The molecule has 1 aromatic heterocycles. The van der Waals surface area contributed by atoms with Crippen LogP contribution in [-0.2, 0) is 19.6 Å². The number of aromatic nitrogens is 1. The number of hydrogen-bond donors (Lipinski definition) is 2. The van der Waals surface area contributed by atoms with Gasteiger partial charge in [0.05, 0.1) is 4.90 Å². The van der Waals surface area contributed by atoms with Gasteiger partial charge in [-0.2, -0.15) is 0 Å². The summed E-state index contributed by atoms with van der Waals surface area (Å²) >= 11 is 0. The van der Waals surface area contributed by atoms with Crippen molar-refractivity contribution in [1.29, 1.82) is 0 Å². The van der Waals surface area contributed by atoms with Gasteiger partial charge in [0, 0.05) is 23.9 Å². The zero-order valence-corrected chi connectivity index (χ0v) is 22.6. The summed E-state index contributed by atoms with van der Waals surface area (Å²) in [7, 11) is -4.03. The quantitative estimate of drug-likeness (QED) is 0.526. The molecule has 2 atom stereocenters. The van der Waals surface area contributed by atoms with Crippen molar-refractivity contribution in [1.82, 2.24) is 14.8 Å². The first kappa shape index (κ1) is 28.0. The fourth-order valence-electron chi connectivity index (χ4n) is 4.25. The minimum atomic E-state index is -4.03. The predicted molar refractivity (Wildman–Crippen MR) is 140 cm³/mol. The first-order valence-electron chi connectivity index (χ1n) is 11.9. The molecule has 0 saturated carbocycles. The molecule has 0 radical (unpaired) electrons. The third-order valence-electron chi connectivity index (χ3n) is 6.13. The maximum atomic E-state index is 13.7. The van der Waals surface area contributed by atoms with E-state index < -0.39 is 33.4 Å². The number of piperidine rings is 1. The molecule has 2 amide bonds. The number of likely N-dealkylation sites (tertiary alicyclic amines) is 1. The second kappa shape index (κ2) is 10.8. The van der Waals surface area contributed by atoms with Crippen LogP contribution >= 0.6 is 0 Å². The molecule has 37 heavy (non-hydrogen) atoms. The second-order valence-corrected chi connectivity index (χ2v) is 11.8. The summed E-state index contributed by atoms with van der Waals surface area (Å²) in [5, 5.41) is 2.57. The number of anilines is 1. The molecule has 2 N–H and O–H groups in total. The average Bonchev–Trinajstić information content (AvgIpc) is 2.80. The average molecular weight is 531 g/mol. The normalized spacial score (nSPS) is 18.1. The summed E-state index contributed by atoms with van der Waals surface area (Å²) in [6, 6.07) is 9.29. The van der Waals surface area contributed by atoms with Crippen LogP contribution in [-0.4, -0.2) is 42.5 Å². The Kier molecular flexibility index (Phi) is 8.16. The van der Waals surface area contributed by atoms with Crippen LogP contribution in [0.2, 0.25) is 0 Å². The van der Waals surface area contributed by atoms with Gasteiger partial charge in [-0.1, -0.05) is 24.3 Å². The van der Waals surface area contributed by atoms with Crippen molar-refractivity contribution >= 4 is 28.2 Å². The van der Waals surface area contributed by atoms with Gasteiger partial charge >= 0.3 is 6.09 Å². The van der Waals surface area contributed by atoms with E-state index in [9.17, 15) is 22.8 Å². The summed E-state index contributed by atoms with van der Waals surface area (Å²) in [5.74, 6) is -0.215. The van der Waals surface area contributed by atoms with E-state index in [0.717, 1.165) is 5.56 Å². The number of ether oxygens (including phenoxy) is 1. The molecule has 2 heterocycles. The van der Waals surface area contributed by atoms with Gasteiger partial charge in [0.15, 0.2) is 0 Å². The molecule has 0 spiro atoms. The van der Waals surface area contributed by atoms with Gasteiger partial charge in [0.2, 0.25) is 6.41 Å². The van der Waals surface area contributed by atoms with E-state index in [0.29, 0.717) is 24.2 Å². The molecule has 3 rings (SSSR count). The maximum Gasteiger partial charge on any atom is 0.411 e. The first-order chi connectivity index (χ1) is 17.2. The Morgan fingerprint density at radius 1 is 1.14 bits per heavy atom. The molecule has 1 saturated heterocycles. The minimum Gasteiger partial charge on any atom is -0.444 e. The lowest BCUT2D eigenvalue weighted by molar-refractivity contribution is -0.109. The number of nitrogens with one attached hydrogen (secondary N) is 2. The van der Waals surface area contributed by atoms with E-state index in [1.807, 2.05) is 6.92 Å². The molecule has 1 aliphatic rings. The van der Waals surface area contributed by atoms with Gasteiger partial charge in [-0.25, -0.2) is 13.2 Å². The fourth-order valence-corrected chi connectivity index (χ4v) is 5.30. The van der Waals surface area contributed by atoms with Crippen LogP contribution < -0.4 is 15.6 Å². The molecule has 0 bridgehead atoms. The van der Waals surface area contributed by atoms with Crippen LogP contribution in [0.3, 0.4) is 0 Å². The minimum absolute atomic E-state index is 0.0222. The highest BCUT2D eigenvalue weighted by Gasteiger charge is 2.37. The fraction of sp³-hybridized carbons (Fsp3) is 0.423. The topological polar surface area (TPSA) is 127 Å². The van der Waals surface area contributed by atoms with Crippen LogP contribution in [0.1, 0.15) is 51.0 Å². The lowest BCUT2D eigenvalue weighted by Crippen LogP contribution is -2.49. The Bertz CT molecular complexity index is 1340. The maximum absolute atomic E-state index is 13.7. The van der Waals surface area contributed by atoms with Gasteiger partial charge in [-0.15, -0.1) is 0 Å². The van der Waals surface area contributed by atoms with Crippen molar-refractivity contribution in [2.24, 2.45) is 5.92 Å². The SMILES string of the molecule is C=C(NC=O)C1CCN(C(=O)OC(C)(C)C)C(n2c(C)ccc(NS(=O)(=O)c3ccc(C)cc3)c2=O)C1. The molecule has 10 nitrogen and oxygen atoms in total. The number of hydrogen-bond acceptors (Lipinski definition) is 6. The number of amides is 2. The molecule has 2 aromatic rings. The van der Waals surface area contributed by atoms with Crippen LogP contribution in [0.5, 0.6) is 0 Å². The molecule has 200 valence electrons. The smallest absolute Gasteiger partial charge is 0.411 e. The lowest BCUT2D eigenvalue weighted by atomic mass is 9.91. The number of aryl methyl sites for hydroxylation is 2. The Balaban J connectivity index is 2.04. The monoisotopic (exact) mass is 530 g/mol. The van der Waals surface area contributed by atoms with Gasteiger partial charge in [0.1, 0.15) is 17.5 Å². The number of benzene rings is 1. The van der Waals surface area contributed by atoms with E-state index in [-0.39, 0.29) is 29.5 Å². The van der Waals surface area contributed by atoms with Crippen molar-refractivity contribution in [3.05, 3.63) is 70.3 Å². The largest absolute Gasteiger partial charge is 0.444 e. The number of rotatable bonds is 7. The number of carbonyl (C=O) groups is 2. The number of carbonyl (C=O) groups excluding carboxylic acids is 2. The third kappa shape index (κ3) is 6.59. The molecular formula is C26H34N4O6S. The van der Waals surface area contributed by atoms with Crippen molar-refractivity contribution < 1.29 is 22.7 Å². The number of pyridine rings is 1. The lowest BCUT2D eigenvalue weighted by Gasteiger charge is -2.41. The highest BCUT2D eigenvalue weighted by molar-refractivity contribution is 7.92. The van der Waals surface area contributed by atoms with Crippen LogP contribution in [0.25, 0.3) is 0 Å². The molecule has 1 aliphatic heterocycles. The van der Waals surface area contributed by atoms with Crippen molar-refractivity contribution in [3.63, 3.8) is 0 Å². The van der Waals surface area contributed by atoms with Gasteiger partial charge < -0.3 is 10.1 Å². The summed E-state index contributed by atoms with van der Waals surface area (Å²) < 4.78 is 35.3. The first-order valence-corrected chi connectivity index (χ1v) is 13.4.